The summed E-state index contributed by atoms with van der Waals surface area (Å²) in [5.74, 6) is 0.0283. The quantitative estimate of drug-likeness (QED) is 0.737. The van der Waals surface area contributed by atoms with Crippen molar-refractivity contribution in [1.82, 2.24) is 10.2 Å². The van der Waals surface area contributed by atoms with Crippen LogP contribution in [0.2, 0.25) is 0 Å². The number of thioether (sulfide) groups is 1. The predicted octanol–water partition coefficient (Wildman–Crippen LogP) is 2.73. The molecule has 31 heavy (non-hydrogen) atoms. The van der Waals surface area contributed by atoms with Gasteiger partial charge in [0.25, 0.3) is 5.89 Å². The van der Waals surface area contributed by atoms with Gasteiger partial charge in [0.15, 0.2) is 9.84 Å². The number of rotatable bonds is 3. The Labute approximate surface area is 183 Å². The monoisotopic (exact) mass is 461 g/mol. The molecule has 0 spiro atoms. The lowest BCUT2D eigenvalue weighted by molar-refractivity contribution is 0.326. The molecular weight excluding hydrogens is 441 g/mol. The lowest BCUT2D eigenvalue weighted by atomic mass is 9.96. The molecule has 0 fully saturated rings. The highest BCUT2D eigenvalue weighted by Crippen LogP contribution is 2.48. The van der Waals surface area contributed by atoms with Crippen molar-refractivity contribution in [2.75, 3.05) is 5.75 Å². The van der Waals surface area contributed by atoms with Crippen LogP contribution in [0.25, 0.3) is 16.4 Å². The molecule has 4 rings (SSSR count). The van der Waals surface area contributed by atoms with E-state index < -0.39 is 31.5 Å². The summed E-state index contributed by atoms with van der Waals surface area (Å²) in [7, 11) is -3.63. The van der Waals surface area contributed by atoms with Gasteiger partial charge in [0, 0.05) is 5.56 Å². The number of aromatic nitrogens is 2. The van der Waals surface area contributed by atoms with Crippen molar-refractivity contribution < 1.29 is 17.2 Å². The molecule has 2 unspecified atom stereocenters. The van der Waals surface area contributed by atoms with Crippen LogP contribution in [0, 0.1) is 11.3 Å². The second kappa shape index (κ2) is 7.17. The van der Waals surface area contributed by atoms with Crippen molar-refractivity contribution in [3.63, 3.8) is 0 Å². The molecule has 1 aromatic heterocycles. The van der Waals surface area contributed by atoms with Gasteiger partial charge < -0.3 is 10.2 Å². The average molecular weight is 462 g/mol. The van der Waals surface area contributed by atoms with Crippen molar-refractivity contribution >= 4 is 32.3 Å². The zero-order chi connectivity index (χ0) is 22.6. The fraction of sp³-hybridized carbons (Fsp3) is 0.400. The zero-order valence-corrected chi connectivity index (χ0v) is 18.7. The Balaban J connectivity index is 1.59. The third kappa shape index (κ3) is 3.53. The summed E-state index contributed by atoms with van der Waals surface area (Å²) in [5.41, 5.74) is 5.86. The number of sulfone groups is 1. The van der Waals surface area contributed by atoms with Gasteiger partial charge in [-0.2, -0.15) is 5.26 Å². The molecule has 3 heterocycles. The lowest BCUT2D eigenvalue weighted by Gasteiger charge is -2.40. The molecule has 2 aromatic rings. The number of allylic oxidation sites excluding steroid dienone is 1. The molecule has 1 aromatic carbocycles. The number of amidine groups is 1. The van der Waals surface area contributed by atoms with Crippen LogP contribution in [0.15, 0.2) is 39.8 Å². The summed E-state index contributed by atoms with van der Waals surface area (Å²) in [6.07, 6.45) is -0.127. The van der Waals surface area contributed by atoms with Crippen LogP contribution in [0.5, 0.6) is 0 Å². The Morgan fingerprint density at radius 1 is 1.23 bits per heavy atom. The minimum Gasteiger partial charge on any atom is -0.416 e. The Kier molecular flexibility index (Phi) is 4.98. The Morgan fingerprint density at radius 3 is 2.48 bits per heavy atom. The standard InChI is InChI=1S/C20H20FN5O3S2/c1-19(2)18(23)24-20(3,10-31(19,27)28)15-13(21)8-14(30-15)17-26-25-16(29-17)12-6-4-11(9-22)5-7-12/h4-8,13,15H,10H2,1-3H3,(H2,23,24)/t13?,15?,20-/m0/s1. The van der Waals surface area contributed by atoms with E-state index in [4.69, 9.17) is 15.4 Å². The summed E-state index contributed by atoms with van der Waals surface area (Å²) >= 11 is 1.11. The Bertz CT molecular complexity index is 1240. The molecule has 11 heteroatoms. The number of nitrogens with two attached hydrogens (primary N) is 1. The third-order valence-electron chi connectivity index (χ3n) is 5.62. The molecule has 2 aliphatic heterocycles. The van der Waals surface area contributed by atoms with Gasteiger partial charge >= 0.3 is 0 Å². The number of alkyl halides is 1. The van der Waals surface area contributed by atoms with E-state index in [9.17, 15) is 8.42 Å². The number of benzene rings is 1. The number of hydrogen-bond acceptors (Lipinski definition) is 9. The van der Waals surface area contributed by atoms with E-state index >= 15 is 4.39 Å². The van der Waals surface area contributed by atoms with E-state index in [1.54, 1.807) is 31.2 Å². The van der Waals surface area contributed by atoms with Crippen LogP contribution in [-0.4, -0.2) is 51.9 Å². The first-order valence-corrected chi connectivity index (χ1v) is 11.9. The molecule has 0 radical (unpaired) electrons. The molecule has 3 atom stereocenters. The van der Waals surface area contributed by atoms with E-state index in [1.165, 1.54) is 19.9 Å². The van der Waals surface area contributed by atoms with Gasteiger partial charge in [-0.3, -0.25) is 4.99 Å². The third-order valence-corrected chi connectivity index (χ3v) is 9.93. The van der Waals surface area contributed by atoms with Gasteiger partial charge in [0.1, 0.15) is 16.8 Å². The summed E-state index contributed by atoms with van der Waals surface area (Å²) in [6.45, 7) is 4.61. The van der Waals surface area contributed by atoms with E-state index in [1.807, 2.05) is 6.07 Å². The molecule has 2 aliphatic rings. The molecular formula is C20H20FN5O3S2. The van der Waals surface area contributed by atoms with E-state index in [2.05, 4.69) is 15.2 Å². The SMILES string of the molecule is CC1(C)C(N)=N[C@](C)(C2SC(c3nnc(-c4ccc(C#N)cc4)o3)=CC2F)CS1(=O)=O. The van der Waals surface area contributed by atoms with Crippen LogP contribution in [-0.2, 0) is 9.84 Å². The minimum atomic E-state index is -3.63. The van der Waals surface area contributed by atoms with Gasteiger partial charge in [0.05, 0.1) is 33.1 Å². The van der Waals surface area contributed by atoms with Crippen molar-refractivity contribution in [1.29, 1.82) is 5.26 Å². The van der Waals surface area contributed by atoms with Crippen LogP contribution < -0.4 is 5.73 Å². The highest BCUT2D eigenvalue weighted by molar-refractivity contribution is 8.09. The van der Waals surface area contributed by atoms with E-state index in [0.29, 0.717) is 16.0 Å². The lowest BCUT2D eigenvalue weighted by Crippen LogP contribution is -2.59. The second-order valence-corrected chi connectivity index (χ2v) is 12.0. The Morgan fingerprint density at radius 2 is 1.87 bits per heavy atom. The molecule has 0 bridgehead atoms. The summed E-state index contributed by atoms with van der Waals surface area (Å²) in [5, 5.41) is 16.1. The molecule has 162 valence electrons. The van der Waals surface area contributed by atoms with Crippen molar-refractivity contribution in [2.24, 2.45) is 10.7 Å². The largest absolute Gasteiger partial charge is 0.416 e. The van der Waals surface area contributed by atoms with Crippen LogP contribution in [0.4, 0.5) is 4.39 Å². The molecule has 0 saturated carbocycles. The topological polar surface area (TPSA) is 135 Å². The van der Waals surface area contributed by atoms with Crippen LogP contribution >= 0.6 is 11.8 Å². The molecule has 0 amide bonds. The maximum atomic E-state index is 15.0. The first-order chi connectivity index (χ1) is 14.5. The molecule has 0 saturated heterocycles. The summed E-state index contributed by atoms with van der Waals surface area (Å²) in [4.78, 5) is 4.84. The summed E-state index contributed by atoms with van der Waals surface area (Å²) in [6, 6.07) is 8.65. The van der Waals surface area contributed by atoms with E-state index in [0.717, 1.165) is 11.8 Å². The Hall–Kier alpha value is -2.71. The first kappa shape index (κ1) is 21.5. The van der Waals surface area contributed by atoms with Gasteiger partial charge in [-0.15, -0.1) is 22.0 Å². The van der Waals surface area contributed by atoms with Crippen molar-refractivity contribution in [3.8, 4) is 17.5 Å². The van der Waals surface area contributed by atoms with E-state index in [-0.39, 0.29) is 23.4 Å². The second-order valence-electron chi connectivity index (χ2n) is 8.24. The molecule has 8 nitrogen and oxygen atoms in total. The van der Waals surface area contributed by atoms with Gasteiger partial charge in [-0.25, -0.2) is 12.8 Å². The highest BCUT2D eigenvalue weighted by Gasteiger charge is 2.54. The zero-order valence-electron chi connectivity index (χ0n) is 17.0. The number of nitrogens with zero attached hydrogens (tertiary/aromatic N) is 4. The number of halogens is 1. The van der Waals surface area contributed by atoms with Crippen molar-refractivity contribution in [3.05, 3.63) is 41.8 Å². The minimum absolute atomic E-state index is 0.0246. The number of aliphatic imine (C=N–C) groups is 1. The predicted molar refractivity (Wildman–Crippen MR) is 117 cm³/mol. The maximum Gasteiger partial charge on any atom is 0.254 e. The number of nitriles is 1. The fourth-order valence-corrected chi connectivity index (χ4v) is 6.61. The molecule has 2 N–H and O–H groups in total. The van der Waals surface area contributed by atoms with Crippen LogP contribution in [0.1, 0.15) is 32.2 Å². The van der Waals surface area contributed by atoms with Crippen molar-refractivity contribution in [2.45, 2.75) is 42.5 Å². The highest BCUT2D eigenvalue weighted by atomic mass is 32.2. The first-order valence-electron chi connectivity index (χ1n) is 9.42. The fourth-order valence-electron chi connectivity index (χ4n) is 3.50. The van der Waals surface area contributed by atoms with Gasteiger partial charge in [0.2, 0.25) is 5.89 Å². The number of hydrogen-bond donors (Lipinski definition) is 1. The van der Waals surface area contributed by atoms with Gasteiger partial charge in [-0.1, -0.05) is 0 Å². The van der Waals surface area contributed by atoms with Crippen LogP contribution in [0.3, 0.4) is 0 Å². The molecule has 0 aliphatic carbocycles. The smallest absolute Gasteiger partial charge is 0.254 e. The maximum absolute atomic E-state index is 15.0. The average Bonchev–Trinajstić information content (AvgIpc) is 3.33. The summed E-state index contributed by atoms with van der Waals surface area (Å²) < 4.78 is 45.0. The van der Waals surface area contributed by atoms with Gasteiger partial charge in [-0.05, 0) is 51.1 Å². The normalized spacial score (nSPS) is 29.1.